The van der Waals surface area contributed by atoms with Gasteiger partial charge in [0.25, 0.3) is 0 Å². The van der Waals surface area contributed by atoms with E-state index in [4.69, 9.17) is 14.5 Å². The number of nitrogens with zero attached hydrogens (tertiary/aromatic N) is 5. The molecule has 0 spiro atoms. The topological polar surface area (TPSA) is 88.1 Å². The van der Waals surface area contributed by atoms with Crippen molar-refractivity contribution >= 4 is 23.7 Å². The number of likely N-dealkylation sites (tertiary alicyclic amines) is 1. The standard InChI is InChI=1S/C28H35N5O4/c1-28(2,3)37-27(35)32-17-22-9-10-23(18-32)33(22)25-29-14-11-24(30-25)21-12-15-31(16-13-21)26(34)36-19-20-7-5-4-6-8-20/h4-8,11-12,14,22-23H,9-10,13,15-19H2,1-3H3/t22-,23+. The first-order valence-electron chi connectivity index (χ1n) is 13.0. The summed E-state index contributed by atoms with van der Waals surface area (Å²) in [6, 6.07) is 12.0. The van der Waals surface area contributed by atoms with Gasteiger partial charge in [-0.3, -0.25) is 0 Å². The van der Waals surface area contributed by atoms with Crippen LogP contribution in [0.5, 0.6) is 0 Å². The highest BCUT2D eigenvalue weighted by Gasteiger charge is 2.43. The summed E-state index contributed by atoms with van der Waals surface area (Å²) in [5.41, 5.74) is 2.46. The van der Waals surface area contributed by atoms with Gasteiger partial charge >= 0.3 is 12.2 Å². The number of amides is 2. The molecule has 5 rings (SSSR count). The number of rotatable bonds is 4. The summed E-state index contributed by atoms with van der Waals surface area (Å²) in [6.45, 7) is 8.24. The molecule has 4 heterocycles. The highest BCUT2D eigenvalue weighted by molar-refractivity contribution is 5.72. The van der Waals surface area contributed by atoms with E-state index in [2.05, 4.69) is 16.0 Å². The first kappa shape index (κ1) is 25.0. The molecule has 2 amide bonds. The molecule has 37 heavy (non-hydrogen) atoms. The number of piperazine rings is 1. The van der Waals surface area contributed by atoms with Crippen molar-refractivity contribution in [3.8, 4) is 0 Å². The van der Waals surface area contributed by atoms with E-state index in [0.29, 0.717) is 38.5 Å². The SMILES string of the molecule is CC(C)(C)OC(=O)N1C[C@H]2CC[C@@H](C1)N2c1nccc(C2=CCN(C(=O)OCc3ccccc3)CC2)n1. The molecule has 196 valence electrons. The van der Waals surface area contributed by atoms with Gasteiger partial charge in [-0.2, -0.15) is 0 Å². The van der Waals surface area contributed by atoms with Crippen LogP contribution in [-0.2, 0) is 16.1 Å². The largest absolute Gasteiger partial charge is 0.445 e. The minimum Gasteiger partial charge on any atom is -0.445 e. The highest BCUT2D eigenvalue weighted by atomic mass is 16.6. The zero-order valence-corrected chi connectivity index (χ0v) is 21.8. The van der Waals surface area contributed by atoms with Crippen molar-refractivity contribution in [3.63, 3.8) is 0 Å². The van der Waals surface area contributed by atoms with Gasteiger partial charge in [-0.1, -0.05) is 36.4 Å². The summed E-state index contributed by atoms with van der Waals surface area (Å²) in [6.07, 6.45) is 6.00. The van der Waals surface area contributed by atoms with Crippen LogP contribution in [0.4, 0.5) is 15.5 Å². The maximum Gasteiger partial charge on any atom is 0.410 e. The molecule has 0 N–H and O–H groups in total. The maximum absolute atomic E-state index is 12.6. The first-order valence-corrected chi connectivity index (χ1v) is 13.0. The first-order chi connectivity index (χ1) is 17.8. The zero-order chi connectivity index (χ0) is 26.0. The normalized spacial score (nSPS) is 21.5. The number of hydrogen-bond donors (Lipinski definition) is 0. The maximum atomic E-state index is 12.6. The summed E-state index contributed by atoms with van der Waals surface area (Å²) < 4.78 is 11.1. The molecule has 9 heteroatoms. The lowest BCUT2D eigenvalue weighted by Crippen LogP contribution is -2.56. The van der Waals surface area contributed by atoms with Crippen LogP contribution in [-0.4, -0.2) is 75.8 Å². The molecule has 2 bridgehead atoms. The molecule has 2 saturated heterocycles. The summed E-state index contributed by atoms with van der Waals surface area (Å²) in [7, 11) is 0. The van der Waals surface area contributed by atoms with Crippen LogP contribution in [0.25, 0.3) is 5.57 Å². The fourth-order valence-electron chi connectivity index (χ4n) is 5.23. The van der Waals surface area contributed by atoms with E-state index >= 15 is 0 Å². The Morgan fingerprint density at radius 1 is 1.00 bits per heavy atom. The molecular formula is C28H35N5O4. The highest BCUT2D eigenvalue weighted by Crippen LogP contribution is 2.34. The number of aromatic nitrogens is 2. The average molecular weight is 506 g/mol. The smallest absolute Gasteiger partial charge is 0.410 e. The van der Waals surface area contributed by atoms with Gasteiger partial charge in [0.05, 0.1) is 17.8 Å². The van der Waals surface area contributed by atoms with E-state index in [-0.39, 0.29) is 30.9 Å². The van der Waals surface area contributed by atoms with Crippen LogP contribution >= 0.6 is 0 Å². The van der Waals surface area contributed by atoms with Crippen molar-refractivity contribution in [1.29, 1.82) is 0 Å². The predicted octanol–water partition coefficient (Wildman–Crippen LogP) is 4.49. The molecule has 0 saturated carbocycles. The van der Waals surface area contributed by atoms with Gasteiger partial charge in [0.2, 0.25) is 5.95 Å². The van der Waals surface area contributed by atoms with Crippen molar-refractivity contribution < 1.29 is 19.1 Å². The van der Waals surface area contributed by atoms with Crippen LogP contribution < -0.4 is 4.90 Å². The minimum absolute atomic E-state index is 0.178. The second-order valence-corrected chi connectivity index (χ2v) is 10.9. The van der Waals surface area contributed by atoms with Crippen LogP contribution in [0.3, 0.4) is 0 Å². The number of anilines is 1. The molecule has 0 aliphatic carbocycles. The molecule has 0 unspecified atom stereocenters. The van der Waals surface area contributed by atoms with Crippen molar-refractivity contribution in [3.05, 3.63) is 59.9 Å². The van der Waals surface area contributed by atoms with Gasteiger partial charge in [-0.25, -0.2) is 19.6 Å². The minimum atomic E-state index is -0.507. The summed E-state index contributed by atoms with van der Waals surface area (Å²) in [5.74, 6) is 0.708. The fourth-order valence-corrected chi connectivity index (χ4v) is 5.23. The number of benzene rings is 1. The van der Waals surface area contributed by atoms with Crippen LogP contribution in [0.15, 0.2) is 48.7 Å². The molecule has 3 aliphatic rings. The van der Waals surface area contributed by atoms with Gasteiger partial charge in [0.1, 0.15) is 12.2 Å². The summed E-state index contributed by atoms with van der Waals surface area (Å²) >= 11 is 0. The third kappa shape index (κ3) is 5.87. The van der Waals surface area contributed by atoms with E-state index in [1.807, 2.05) is 62.1 Å². The Balaban J connectivity index is 1.20. The molecule has 1 aromatic heterocycles. The number of carbonyl (C=O) groups excluding carboxylic acids is 2. The van der Waals surface area contributed by atoms with Crippen molar-refractivity contribution in [1.82, 2.24) is 19.8 Å². The Hall–Kier alpha value is -3.62. The Morgan fingerprint density at radius 3 is 2.38 bits per heavy atom. The van der Waals surface area contributed by atoms with E-state index in [1.165, 1.54) is 0 Å². The predicted molar refractivity (Wildman–Crippen MR) is 140 cm³/mol. The van der Waals surface area contributed by atoms with Crippen molar-refractivity contribution in [2.24, 2.45) is 0 Å². The molecule has 9 nitrogen and oxygen atoms in total. The van der Waals surface area contributed by atoms with Crippen LogP contribution in [0.2, 0.25) is 0 Å². The second kappa shape index (κ2) is 10.4. The van der Waals surface area contributed by atoms with Gasteiger partial charge in [0.15, 0.2) is 0 Å². The fraction of sp³-hybridized carbons (Fsp3) is 0.500. The summed E-state index contributed by atoms with van der Waals surface area (Å²) in [4.78, 5) is 40.5. The molecule has 3 aliphatic heterocycles. The van der Waals surface area contributed by atoms with Gasteiger partial charge in [-0.05, 0) is 57.2 Å². The second-order valence-electron chi connectivity index (χ2n) is 10.9. The molecule has 0 radical (unpaired) electrons. The number of fused-ring (bicyclic) bond motifs is 2. The third-order valence-electron chi connectivity index (χ3n) is 7.01. The van der Waals surface area contributed by atoms with Gasteiger partial charge in [-0.15, -0.1) is 0 Å². The lowest BCUT2D eigenvalue weighted by atomic mass is 10.0. The molecular weight excluding hydrogens is 470 g/mol. The summed E-state index contributed by atoms with van der Waals surface area (Å²) in [5, 5.41) is 0. The number of ether oxygens (including phenoxy) is 2. The average Bonchev–Trinajstić information content (AvgIpc) is 3.16. The van der Waals surface area contributed by atoms with Crippen molar-refractivity contribution in [2.75, 3.05) is 31.1 Å². The Bertz CT molecular complexity index is 1150. The van der Waals surface area contributed by atoms with E-state index < -0.39 is 5.60 Å². The number of carbonyl (C=O) groups is 2. The van der Waals surface area contributed by atoms with Crippen molar-refractivity contribution in [2.45, 2.75) is 64.3 Å². The van der Waals surface area contributed by atoms with E-state index in [0.717, 1.165) is 29.7 Å². The number of hydrogen-bond acceptors (Lipinski definition) is 7. The van der Waals surface area contributed by atoms with E-state index in [1.54, 1.807) is 11.1 Å². The lowest BCUT2D eigenvalue weighted by Gasteiger charge is -2.41. The van der Waals surface area contributed by atoms with Gasteiger partial charge < -0.3 is 24.2 Å². The monoisotopic (exact) mass is 505 g/mol. The van der Waals surface area contributed by atoms with E-state index in [9.17, 15) is 9.59 Å². The molecule has 2 atom stereocenters. The lowest BCUT2D eigenvalue weighted by molar-refractivity contribution is 0.0208. The zero-order valence-electron chi connectivity index (χ0n) is 21.8. The van der Waals surface area contributed by atoms with Gasteiger partial charge in [0, 0.05) is 32.4 Å². The Kier molecular flexibility index (Phi) is 7.04. The molecule has 2 fully saturated rings. The van der Waals surface area contributed by atoms with Crippen LogP contribution in [0.1, 0.15) is 51.3 Å². The van der Waals surface area contributed by atoms with Crippen LogP contribution in [0, 0.1) is 0 Å². The molecule has 2 aromatic rings. The Morgan fingerprint density at radius 2 is 1.73 bits per heavy atom. The Labute approximate surface area is 218 Å². The quantitative estimate of drug-likeness (QED) is 0.605. The molecule has 1 aromatic carbocycles. The third-order valence-corrected chi connectivity index (χ3v) is 7.01.